The van der Waals surface area contributed by atoms with Gasteiger partial charge in [-0.2, -0.15) is 0 Å². The van der Waals surface area contributed by atoms with Crippen molar-refractivity contribution in [2.45, 2.75) is 109 Å². The maximum absolute atomic E-state index is 15.7. The van der Waals surface area contributed by atoms with E-state index in [0.717, 1.165) is 78.9 Å². The lowest BCUT2D eigenvalue weighted by atomic mass is 9.74. The Hall–Kier alpha value is -3.44. The van der Waals surface area contributed by atoms with Crippen LogP contribution in [0.4, 0.5) is 25.0 Å². The Morgan fingerprint density at radius 2 is 1.40 bits per heavy atom. The number of rotatable bonds is 7. The van der Waals surface area contributed by atoms with Crippen molar-refractivity contribution in [2.75, 3.05) is 63.4 Å². The first-order chi connectivity index (χ1) is 24.4. The minimum atomic E-state index is -0.953. The van der Waals surface area contributed by atoms with Crippen LogP contribution in [0.25, 0.3) is 11.0 Å². The molecule has 2 aliphatic heterocycles. The number of pyridine rings is 1. The van der Waals surface area contributed by atoms with Gasteiger partial charge in [0.25, 0.3) is 0 Å². The van der Waals surface area contributed by atoms with E-state index in [9.17, 15) is 4.79 Å². The topological polar surface area (TPSA) is 83.2 Å². The summed E-state index contributed by atoms with van der Waals surface area (Å²) in [5, 5.41) is 0.869. The summed E-state index contributed by atoms with van der Waals surface area (Å²) < 4.78 is 47.4. The predicted molar refractivity (Wildman–Crippen MR) is 194 cm³/mol. The Bertz CT molecular complexity index is 1560. The van der Waals surface area contributed by atoms with E-state index in [2.05, 4.69) is 16.0 Å². The minimum absolute atomic E-state index is 0.0444. The van der Waals surface area contributed by atoms with E-state index in [4.69, 9.17) is 19.2 Å². The van der Waals surface area contributed by atoms with E-state index in [-0.39, 0.29) is 23.5 Å². The summed E-state index contributed by atoms with van der Waals surface area (Å²) in [5.41, 5.74) is 2.77. The monoisotopic (exact) mass is 695 g/mol. The molecule has 1 saturated carbocycles. The maximum Gasteiger partial charge on any atom is 0.329 e. The van der Waals surface area contributed by atoms with Crippen molar-refractivity contribution in [3.8, 4) is 11.5 Å². The molecule has 1 aromatic carbocycles. The third-order valence-electron chi connectivity index (χ3n) is 11.2. The smallest absolute Gasteiger partial charge is 0.329 e. The number of amides is 2. The molecule has 0 atom stereocenters. The molecule has 1 N–H and O–H groups in total. The summed E-state index contributed by atoms with van der Waals surface area (Å²) in [6.07, 6.45) is 19.3. The Morgan fingerprint density at radius 3 is 1.94 bits per heavy atom. The second kappa shape index (κ2) is 16.7. The highest BCUT2D eigenvalue weighted by atomic mass is 19.1. The molecule has 4 heterocycles. The average molecular weight is 696 g/mol. The van der Waals surface area contributed by atoms with Crippen LogP contribution >= 0.6 is 0 Å². The van der Waals surface area contributed by atoms with Crippen molar-refractivity contribution in [3.05, 3.63) is 41.2 Å². The molecule has 0 radical (unpaired) electrons. The first-order valence-corrected chi connectivity index (χ1v) is 18.9. The molecule has 2 amide bonds. The third kappa shape index (κ3) is 7.59. The van der Waals surface area contributed by atoms with Crippen molar-refractivity contribution in [3.63, 3.8) is 0 Å². The standard InChI is InChI=1S/C39H55F2N5O4/c1-4-45-35-28(26-46(38(45)47)36-33(40)30(48-2)24-31(49-3)34(36)41)25-42-37-29(35)23-32(43-37)39(27-44-19-21-50-22-20-44)17-15-13-11-9-7-5-6-8-10-12-14-16-18-39/h23-25H,4-22,26-27H2,1-3H3,(H,42,43). The Kier molecular flexibility index (Phi) is 12.2. The SMILES string of the molecule is CCN1C(=O)N(c2c(F)c(OC)cc(OC)c2F)Cc2cnc3[nH]c(C4(CN5CCOCC5)CCCCCCCCCCCCCC4)cc3c21. The van der Waals surface area contributed by atoms with Gasteiger partial charge in [-0.25, -0.2) is 18.6 Å². The number of hydrogen-bond acceptors (Lipinski definition) is 6. The zero-order valence-electron chi connectivity index (χ0n) is 30.3. The summed E-state index contributed by atoms with van der Waals surface area (Å²) in [6, 6.07) is 2.87. The van der Waals surface area contributed by atoms with Crippen LogP contribution in [0.5, 0.6) is 11.5 Å². The summed E-state index contributed by atoms with van der Waals surface area (Å²) in [4.78, 5) is 28.1. The van der Waals surface area contributed by atoms with E-state index >= 15 is 8.78 Å². The number of aromatic amines is 1. The van der Waals surface area contributed by atoms with Gasteiger partial charge in [0, 0.05) is 60.5 Å². The number of halogens is 2. The molecule has 0 unspecified atom stereocenters. The number of carbonyl (C=O) groups is 1. The fraction of sp³-hybridized carbons (Fsp3) is 0.641. The van der Waals surface area contributed by atoms with Crippen LogP contribution in [0.15, 0.2) is 18.3 Å². The number of hydrogen-bond donors (Lipinski definition) is 1. The number of nitrogens with zero attached hydrogens (tertiary/aromatic N) is 4. The molecule has 6 rings (SSSR count). The van der Waals surface area contributed by atoms with Crippen molar-refractivity contribution < 1.29 is 27.8 Å². The van der Waals surface area contributed by atoms with Crippen LogP contribution in [-0.4, -0.2) is 74.5 Å². The van der Waals surface area contributed by atoms with Crippen LogP contribution in [0.3, 0.4) is 0 Å². The molecule has 274 valence electrons. The number of carbonyl (C=O) groups excluding carboxylic acids is 1. The highest BCUT2D eigenvalue weighted by molar-refractivity contribution is 6.11. The molecule has 50 heavy (non-hydrogen) atoms. The summed E-state index contributed by atoms with van der Waals surface area (Å²) in [6.45, 7) is 6.44. The number of benzene rings is 1. The average Bonchev–Trinajstić information content (AvgIpc) is 3.57. The Labute approximate surface area is 295 Å². The molecule has 3 aliphatic rings. The van der Waals surface area contributed by atoms with Crippen LogP contribution in [0.2, 0.25) is 0 Å². The molecular weight excluding hydrogens is 640 g/mol. The highest BCUT2D eigenvalue weighted by Crippen LogP contribution is 2.44. The third-order valence-corrected chi connectivity index (χ3v) is 11.2. The van der Waals surface area contributed by atoms with Crippen LogP contribution in [-0.2, 0) is 16.7 Å². The number of fused-ring (bicyclic) bond motifs is 3. The fourth-order valence-electron chi connectivity index (χ4n) is 8.40. The van der Waals surface area contributed by atoms with E-state index in [1.165, 1.54) is 97.0 Å². The van der Waals surface area contributed by atoms with Crippen molar-refractivity contribution >= 4 is 28.4 Å². The van der Waals surface area contributed by atoms with Crippen molar-refractivity contribution in [1.82, 2.24) is 14.9 Å². The van der Waals surface area contributed by atoms with Crippen molar-refractivity contribution in [1.29, 1.82) is 0 Å². The summed E-state index contributed by atoms with van der Waals surface area (Å²) >= 11 is 0. The lowest BCUT2D eigenvalue weighted by Crippen LogP contribution is -2.48. The maximum atomic E-state index is 15.7. The molecule has 2 fully saturated rings. The minimum Gasteiger partial charge on any atom is -0.493 e. The van der Waals surface area contributed by atoms with Crippen LogP contribution in [0, 0.1) is 11.6 Å². The van der Waals surface area contributed by atoms with Gasteiger partial charge in [-0.05, 0) is 25.8 Å². The molecule has 11 heteroatoms. The first-order valence-electron chi connectivity index (χ1n) is 18.9. The molecule has 0 bridgehead atoms. The lowest BCUT2D eigenvalue weighted by molar-refractivity contribution is 0.0236. The van der Waals surface area contributed by atoms with Gasteiger partial charge in [0.1, 0.15) is 11.3 Å². The number of ether oxygens (including phenoxy) is 3. The molecule has 0 spiro atoms. The van der Waals surface area contributed by atoms with Gasteiger partial charge in [-0.1, -0.05) is 77.0 Å². The highest BCUT2D eigenvalue weighted by Gasteiger charge is 2.40. The number of urea groups is 1. The number of H-pyrrole nitrogens is 1. The molecular formula is C39H55F2N5O4. The van der Waals surface area contributed by atoms with Crippen molar-refractivity contribution in [2.24, 2.45) is 0 Å². The quantitative estimate of drug-likeness (QED) is 0.266. The first kappa shape index (κ1) is 36.4. The van der Waals surface area contributed by atoms with Gasteiger partial charge < -0.3 is 19.2 Å². The molecule has 1 saturated heterocycles. The van der Waals surface area contributed by atoms with Gasteiger partial charge in [0.05, 0.1) is 39.7 Å². The molecule has 1 aliphatic carbocycles. The number of nitrogens with one attached hydrogen (secondary N) is 1. The molecule has 2 aromatic heterocycles. The second-order valence-corrected chi connectivity index (χ2v) is 14.4. The normalized spacial score (nSPS) is 20.3. The number of anilines is 2. The zero-order valence-corrected chi connectivity index (χ0v) is 30.3. The van der Waals surface area contributed by atoms with Gasteiger partial charge in [0.15, 0.2) is 23.1 Å². The number of morpholine rings is 1. The van der Waals surface area contributed by atoms with Crippen LogP contribution in [0.1, 0.15) is 108 Å². The van der Waals surface area contributed by atoms with Gasteiger partial charge in [-0.3, -0.25) is 14.7 Å². The number of methoxy groups -OCH3 is 2. The molecule has 3 aromatic rings. The Balaban J connectivity index is 1.40. The fourth-order valence-corrected chi connectivity index (χ4v) is 8.40. The summed E-state index contributed by atoms with van der Waals surface area (Å²) in [5.74, 6) is -2.31. The van der Waals surface area contributed by atoms with E-state index in [1.807, 2.05) is 6.92 Å². The van der Waals surface area contributed by atoms with Gasteiger partial charge in [-0.15, -0.1) is 0 Å². The largest absolute Gasteiger partial charge is 0.493 e. The van der Waals surface area contributed by atoms with Crippen LogP contribution < -0.4 is 19.3 Å². The second-order valence-electron chi connectivity index (χ2n) is 14.4. The van der Waals surface area contributed by atoms with E-state index in [0.29, 0.717) is 6.54 Å². The lowest BCUT2D eigenvalue weighted by Gasteiger charge is -2.40. The zero-order chi connectivity index (χ0) is 35.1. The Morgan fingerprint density at radius 1 is 0.840 bits per heavy atom. The molecule has 9 nitrogen and oxygen atoms in total. The summed E-state index contributed by atoms with van der Waals surface area (Å²) in [7, 11) is 2.60. The number of aromatic nitrogens is 2. The van der Waals surface area contributed by atoms with Gasteiger partial charge in [0.2, 0.25) is 0 Å². The van der Waals surface area contributed by atoms with Gasteiger partial charge >= 0.3 is 6.03 Å². The van der Waals surface area contributed by atoms with E-state index in [1.54, 1.807) is 11.1 Å². The van der Waals surface area contributed by atoms with E-state index < -0.39 is 23.4 Å². The predicted octanol–water partition coefficient (Wildman–Crippen LogP) is 8.87.